The highest BCUT2D eigenvalue weighted by atomic mass is 16.2. The van der Waals surface area contributed by atoms with Crippen LogP contribution in [0.5, 0.6) is 0 Å². The topological polar surface area (TPSA) is 64.7 Å². The molecule has 1 saturated carbocycles. The summed E-state index contributed by atoms with van der Waals surface area (Å²) in [5, 5.41) is 6.20. The Labute approximate surface area is 218 Å². The van der Waals surface area contributed by atoms with E-state index < -0.39 is 0 Å². The zero-order valence-corrected chi connectivity index (χ0v) is 23.0. The molecule has 0 bridgehead atoms. The molecule has 0 spiro atoms. The zero-order valence-electron chi connectivity index (χ0n) is 23.0. The van der Waals surface area contributed by atoms with E-state index in [1.165, 1.54) is 17.5 Å². The predicted molar refractivity (Wildman–Crippen MR) is 146 cm³/mol. The summed E-state index contributed by atoms with van der Waals surface area (Å²) in [5.41, 5.74) is 2.78. The van der Waals surface area contributed by atoms with Gasteiger partial charge in [-0.2, -0.15) is 0 Å². The molecular weight excluding hydrogens is 448 g/mol. The van der Waals surface area contributed by atoms with Crippen LogP contribution in [0, 0.1) is 11.8 Å². The Kier molecular flexibility index (Phi) is 9.46. The number of rotatable bonds is 9. The fraction of sp³-hybridized carbons (Fsp3) is 0.733. The SMILES string of the molecule is CN[C@@H](C)C(=O)N[C@H](C(=O)N1CC[C@H]2CCN(CCc3ccc(C(C)C)cc3)C[C@H]21)C1CCCCC1. The van der Waals surface area contributed by atoms with E-state index in [0.29, 0.717) is 11.8 Å². The highest BCUT2D eigenvalue weighted by Gasteiger charge is 2.44. The van der Waals surface area contributed by atoms with Crippen molar-refractivity contribution in [1.82, 2.24) is 20.4 Å². The van der Waals surface area contributed by atoms with Gasteiger partial charge in [-0.1, -0.05) is 57.4 Å². The number of amides is 2. The first-order valence-electron chi connectivity index (χ1n) is 14.5. The fourth-order valence-electron chi connectivity index (χ4n) is 6.48. The van der Waals surface area contributed by atoms with E-state index in [1.54, 1.807) is 7.05 Å². The summed E-state index contributed by atoms with van der Waals surface area (Å²) < 4.78 is 0. The molecule has 36 heavy (non-hydrogen) atoms. The van der Waals surface area contributed by atoms with Gasteiger partial charge in [-0.15, -0.1) is 0 Å². The molecule has 1 aromatic rings. The van der Waals surface area contributed by atoms with E-state index in [0.717, 1.165) is 71.1 Å². The molecule has 6 nitrogen and oxygen atoms in total. The maximum Gasteiger partial charge on any atom is 0.245 e. The maximum atomic E-state index is 14.0. The normalized spacial score (nSPS) is 25.0. The van der Waals surface area contributed by atoms with E-state index >= 15 is 0 Å². The quantitative estimate of drug-likeness (QED) is 0.543. The third kappa shape index (κ3) is 6.49. The molecule has 2 N–H and O–H groups in total. The Morgan fingerprint density at radius 3 is 2.33 bits per heavy atom. The second-order valence-corrected chi connectivity index (χ2v) is 11.8. The largest absolute Gasteiger partial charge is 0.343 e. The molecule has 2 saturated heterocycles. The number of fused-ring (bicyclic) bond motifs is 1. The Morgan fingerprint density at radius 1 is 0.972 bits per heavy atom. The van der Waals surface area contributed by atoms with Crippen LogP contribution in [-0.2, 0) is 16.0 Å². The highest BCUT2D eigenvalue weighted by Crippen LogP contribution is 2.34. The van der Waals surface area contributed by atoms with E-state index in [2.05, 4.69) is 58.5 Å². The van der Waals surface area contributed by atoms with Crippen molar-refractivity contribution in [1.29, 1.82) is 0 Å². The molecular formula is C30H48N4O2. The number of carbonyl (C=O) groups excluding carboxylic acids is 2. The molecule has 200 valence electrons. The number of hydrogen-bond donors (Lipinski definition) is 2. The van der Waals surface area contributed by atoms with Crippen LogP contribution in [0.15, 0.2) is 24.3 Å². The Bertz CT molecular complexity index is 864. The molecule has 0 unspecified atom stereocenters. The molecule has 4 atom stereocenters. The Balaban J connectivity index is 1.39. The Hall–Kier alpha value is -1.92. The van der Waals surface area contributed by atoms with Crippen LogP contribution >= 0.6 is 0 Å². The summed E-state index contributed by atoms with van der Waals surface area (Å²) in [6.45, 7) is 10.3. The van der Waals surface area contributed by atoms with Gasteiger partial charge in [0.1, 0.15) is 6.04 Å². The van der Waals surface area contributed by atoms with Crippen LogP contribution in [0.4, 0.5) is 0 Å². The van der Waals surface area contributed by atoms with Gasteiger partial charge in [0.05, 0.1) is 6.04 Å². The molecule has 0 radical (unpaired) electrons. The zero-order chi connectivity index (χ0) is 25.7. The number of likely N-dealkylation sites (N-methyl/N-ethyl adjacent to an activating group) is 1. The van der Waals surface area contributed by atoms with Crippen molar-refractivity contribution in [2.45, 2.75) is 96.2 Å². The number of carbonyl (C=O) groups is 2. The number of benzene rings is 1. The average Bonchev–Trinajstić information content (AvgIpc) is 3.33. The fourth-order valence-corrected chi connectivity index (χ4v) is 6.48. The van der Waals surface area contributed by atoms with Crippen molar-refractivity contribution in [3.05, 3.63) is 35.4 Å². The molecule has 2 aliphatic heterocycles. The summed E-state index contributed by atoms with van der Waals surface area (Å²) in [4.78, 5) is 31.5. The minimum Gasteiger partial charge on any atom is -0.343 e. The first kappa shape index (κ1) is 27.1. The summed E-state index contributed by atoms with van der Waals surface area (Å²) in [5.74, 6) is 1.51. The second-order valence-electron chi connectivity index (χ2n) is 11.8. The van der Waals surface area contributed by atoms with E-state index in [9.17, 15) is 9.59 Å². The van der Waals surface area contributed by atoms with Crippen LogP contribution in [-0.4, -0.2) is 73.0 Å². The predicted octanol–water partition coefficient (Wildman–Crippen LogP) is 3.95. The van der Waals surface area contributed by atoms with Gasteiger partial charge >= 0.3 is 0 Å². The second kappa shape index (κ2) is 12.6. The molecule has 0 aromatic heterocycles. The van der Waals surface area contributed by atoms with Crippen LogP contribution in [0.25, 0.3) is 0 Å². The number of nitrogens with zero attached hydrogens (tertiary/aromatic N) is 2. The average molecular weight is 497 g/mol. The molecule has 2 heterocycles. The number of hydrogen-bond acceptors (Lipinski definition) is 4. The van der Waals surface area contributed by atoms with Gasteiger partial charge in [0.2, 0.25) is 11.8 Å². The lowest BCUT2D eigenvalue weighted by molar-refractivity contribution is -0.140. The van der Waals surface area contributed by atoms with Gasteiger partial charge in [-0.05, 0) is 81.5 Å². The van der Waals surface area contributed by atoms with Gasteiger partial charge in [0, 0.05) is 25.7 Å². The lowest BCUT2D eigenvalue weighted by atomic mass is 9.83. The van der Waals surface area contributed by atoms with Crippen LogP contribution in [0.2, 0.25) is 0 Å². The molecule has 2 amide bonds. The molecule has 1 aliphatic carbocycles. The minimum absolute atomic E-state index is 0.0640. The van der Waals surface area contributed by atoms with Crippen molar-refractivity contribution >= 4 is 11.8 Å². The molecule has 4 rings (SSSR count). The molecule has 3 aliphatic rings. The first-order chi connectivity index (χ1) is 17.4. The lowest BCUT2D eigenvalue weighted by Crippen LogP contribution is -2.58. The third-order valence-electron chi connectivity index (χ3n) is 9.10. The van der Waals surface area contributed by atoms with Gasteiger partial charge in [-0.25, -0.2) is 0 Å². The van der Waals surface area contributed by atoms with E-state index in [-0.39, 0.29) is 35.9 Å². The summed E-state index contributed by atoms with van der Waals surface area (Å²) >= 11 is 0. The van der Waals surface area contributed by atoms with Crippen molar-refractivity contribution in [3.63, 3.8) is 0 Å². The summed E-state index contributed by atoms with van der Waals surface area (Å²) in [6, 6.07) is 8.67. The van der Waals surface area contributed by atoms with Crippen molar-refractivity contribution in [2.75, 3.05) is 33.2 Å². The monoisotopic (exact) mass is 496 g/mol. The third-order valence-corrected chi connectivity index (χ3v) is 9.10. The molecule has 6 heteroatoms. The summed E-state index contributed by atoms with van der Waals surface area (Å²) in [7, 11) is 1.79. The van der Waals surface area contributed by atoms with Crippen molar-refractivity contribution < 1.29 is 9.59 Å². The number of piperidine rings is 1. The molecule has 1 aromatic carbocycles. The molecule has 3 fully saturated rings. The highest BCUT2D eigenvalue weighted by molar-refractivity contribution is 5.90. The number of nitrogens with one attached hydrogen (secondary N) is 2. The van der Waals surface area contributed by atoms with Gasteiger partial charge in [0.25, 0.3) is 0 Å². The van der Waals surface area contributed by atoms with Gasteiger partial charge in [-0.3, -0.25) is 9.59 Å². The lowest BCUT2D eigenvalue weighted by Gasteiger charge is -2.41. The minimum atomic E-state index is -0.387. The van der Waals surface area contributed by atoms with Crippen LogP contribution in [0.3, 0.4) is 0 Å². The van der Waals surface area contributed by atoms with Crippen molar-refractivity contribution in [2.24, 2.45) is 11.8 Å². The van der Waals surface area contributed by atoms with Gasteiger partial charge < -0.3 is 20.4 Å². The van der Waals surface area contributed by atoms with E-state index in [4.69, 9.17) is 0 Å². The standard InChI is InChI=1S/C30H48N4O2/c1-21(2)24-12-10-23(11-13-24)14-17-33-18-15-25-16-19-34(27(25)20-33)30(36)28(26-8-6-5-7-9-26)32-29(35)22(3)31-4/h10-13,21-22,25-28,31H,5-9,14-20H2,1-4H3,(H,32,35)/t22-,25+,27+,28-/m0/s1. The van der Waals surface area contributed by atoms with Crippen molar-refractivity contribution in [3.8, 4) is 0 Å². The van der Waals surface area contributed by atoms with Crippen LogP contribution in [0.1, 0.15) is 82.8 Å². The summed E-state index contributed by atoms with van der Waals surface area (Å²) in [6.07, 6.45) is 8.93. The Morgan fingerprint density at radius 2 is 1.67 bits per heavy atom. The van der Waals surface area contributed by atoms with Crippen LogP contribution < -0.4 is 10.6 Å². The van der Waals surface area contributed by atoms with E-state index in [1.807, 2.05) is 6.92 Å². The maximum absolute atomic E-state index is 14.0. The smallest absolute Gasteiger partial charge is 0.245 e. The number of likely N-dealkylation sites (tertiary alicyclic amines) is 2. The van der Waals surface area contributed by atoms with Gasteiger partial charge in [0.15, 0.2) is 0 Å². The first-order valence-corrected chi connectivity index (χ1v) is 14.5.